The van der Waals surface area contributed by atoms with Crippen molar-refractivity contribution in [2.75, 3.05) is 39.8 Å². The third-order valence-electron chi connectivity index (χ3n) is 4.84. The second-order valence-electron chi connectivity index (χ2n) is 6.87. The van der Waals surface area contributed by atoms with Gasteiger partial charge in [0.15, 0.2) is 5.96 Å². The summed E-state index contributed by atoms with van der Waals surface area (Å²) in [5, 5.41) is 6.43. The number of rotatable bonds is 9. The largest absolute Gasteiger partial charge is 0.356 e. The van der Waals surface area contributed by atoms with Crippen molar-refractivity contribution in [3.63, 3.8) is 0 Å². The van der Waals surface area contributed by atoms with Crippen molar-refractivity contribution in [3.05, 3.63) is 30.3 Å². The van der Waals surface area contributed by atoms with Crippen LogP contribution in [-0.2, 0) is 10.0 Å². The van der Waals surface area contributed by atoms with Crippen molar-refractivity contribution in [1.82, 2.24) is 20.3 Å². The molecule has 1 heterocycles. The Hall–Kier alpha value is -1.64. The maximum absolute atomic E-state index is 12.1. The Kier molecular flexibility index (Phi) is 9.03. The van der Waals surface area contributed by atoms with Crippen molar-refractivity contribution >= 4 is 16.0 Å². The van der Waals surface area contributed by atoms with E-state index in [1.165, 1.54) is 25.8 Å². The first-order valence-corrected chi connectivity index (χ1v) is 11.2. The molecule has 0 spiro atoms. The molecule has 1 aliphatic rings. The van der Waals surface area contributed by atoms with Gasteiger partial charge in [0.05, 0.1) is 4.90 Å². The van der Waals surface area contributed by atoms with Gasteiger partial charge in [0.2, 0.25) is 10.0 Å². The summed E-state index contributed by atoms with van der Waals surface area (Å²) < 4.78 is 26.9. The molecule has 0 aliphatic carbocycles. The number of aliphatic imine (C=N–C) groups is 1. The Balaban J connectivity index is 1.61. The Bertz CT molecular complexity index is 679. The van der Waals surface area contributed by atoms with Crippen LogP contribution in [0.25, 0.3) is 0 Å². The highest BCUT2D eigenvalue weighted by molar-refractivity contribution is 7.89. The Morgan fingerprint density at radius 1 is 1.15 bits per heavy atom. The summed E-state index contributed by atoms with van der Waals surface area (Å²) in [6, 6.07) is 9.07. The second kappa shape index (κ2) is 11.3. The lowest BCUT2D eigenvalue weighted by Crippen LogP contribution is -2.43. The summed E-state index contributed by atoms with van der Waals surface area (Å²) in [6.07, 6.45) is 5.02. The molecule has 152 valence electrons. The topological polar surface area (TPSA) is 85.8 Å². The highest BCUT2D eigenvalue weighted by atomic mass is 32.2. The maximum atomic E-state index is 12.1. The minimum atomic E-state index is -3.46. The van der Waals surface area contributed by atoms with E-state index in [2.05, 4.69) is 32.2 Å². The molecule has 1 unspecified atom stereocenters. The maximum Gasteiger partial charge on any atom is 0.240 e. The van der Waals surface area contributed by atoms with E-state index in [-0.39, 0.29) is 4.90 Å². The SMILES string of the molecule is CN=C(NCCCN1CCCCC1C)NCCNS(=O)(=O)c1ccccc1. The summed E-state index contributed by atoms with van der Waals surface area (Å²) in [5.41, 5.74) is 0. The molecule has 0 aromatic heterocycles. The van der Waals surface area contributed by atoms with Crippen molar-refractivity contribution in [1.29, 1.82) is 0 Å². The highest BCUT2D eigenvalue weighted by Crippen LogP contribution is 2.16. The number of sulfonamides is 1. The van der Waals surface area contributed by atoms with Gasteiger partial charge in [-0.1, -0.05) is 24.6 Å². The fraction of sp³-hybridized carbons (Fsp3) is 0.632. The molecular weight excluding hydrogens is 362 g/mol. The number of guanidine groups is 1. The molecule has 0 radical (unpaired) electrons. The van der Waals surface area contributed by atoms with Gasteiger partial charge in [-0.3, -0.25) is 4.99 Å². The van der Waals surface area contributed by atoms with Crippen molar-refractivity contribution in [2.24, 2.45) is 4.99 Å². The minimum Gasteiger partial charge on any atom is -0.356 e. The van der Waals surface area contributed by atoms with Gasteiger partial charge in [-0.15, -0.1) is 0 Å². The molecule has 2 rings (SSSR count). The van der Waals surface area contributed by atoms with E-state index in [1.807, 2.05) is 0 Å². The quantitative estimate of drug-likeness (QED) is 0.334. The van der Waals surface area contributed by atoms with Crippen LogP contribution in [0.2, 0.25) is 0 Å². The van der Waals surface area contributed by atoms with Gasteiger partial charge in [0.25, 0.3) is 0 Å². The normalized spacial score (nSPS) is 19.0. The number of benzene rings is 1. The molecule has 1 atom stereocenters. The molecule has 1 fully saturated rings. The number of likely N-dealkylation sites (tertiary alicyclic amines) is 1. The van der Waals surface area contributed by atoms with Crippen LogP contribution in [0.15, 0.2) is 40.2 Å². The van der Waals surface area contributed by atoms with Gasteiger partial charge >= 0.3 is 0 Å². The second-order valence-corrected chi connectivity index (χ2v) is 8.64. The van der Waals surface area contributed by atoms with E-state index in [9.17, 15) is 8.42 Å². The van der Waals surface area contributed by atoms with E-state index < -0.39 is 10.0 Å². The van der Waals surface area contributed by atoms with Crippen LogP contribution in [0.3, 0.4) is 0 Å². The first kappa shape index (κ1) is 21.7. The summed E-state index contributed by atoms with van der Waals surface area (Å²) in [7, 11) is -1.74. The zero-order valence-corrected chi connectivity index (χ0v) is 17.3. The molecular formula is C19H33N5O2S. The molecule has 27 heavy (non-hydrogen) atoms. The first-order chi connectivity index (χ1) is 13.0. The summed E-state index contributed by atoms with van der Waals surface area (Å²) >= 11 is 0. The number of hydrogen-bond acceptors (Lipinski definition) is 4. The molecule has 1 saturated heterocycles. The number of hydrogen-bond donors (Lipinski definition) is 3. The lowest BCUT2D eigenvalue weighted by Gasteiger charge is -2.33. The average molecular weight is 396 g/mol. The Morgan fingerprint density at radius 2 is 1.89 bits per heavy atom. The van der Waals surface area contributed by atoms with Crippen LogP contribution in [0.5, 0.6) is 0 Å². The smallest absolute Gasteiger partial charge is 0.240 e. The predicted molar refractivity (Wildman–Crippen MR) is 110 cm³/mol. The minimum absolute atomic E-state index is 0.277. The van der Waals surface area contributed by atoms with Crippen molar-refractivity contribution in [2.45, 2.75) is 43.5 Å². The van der Waals surface area contributed by atoms with Gasteiger partial charge in [-0.25, -0.2) is 13.1 Å². The van der Waals surface area contributed by atoms with Crippen LogP contribution in [-0.4, -0.2) is 65.1 Å². The molecule has 1 aliphatic heterocycles. The van der Waals surface area contributed by atoms with Crippen LogP contribution in [0, 0.1) is 0 Å². The van der Waals surface area contributed by atoms with E-state index in [0.29, 0.717) is 25.1 Å². The Labute approximate surface area is 163 Å². The van der Waals surface area contributed by atoms with E-state index in [4.69, 9.17) is 0 Å². The third-order valence-corrected chi connectivity index (χ3v) is 6.32. The molecule has 8 heteroatoms. The van der Waals surface area contributed by atoms with Gasteiger partial charge in [0.1, 0.15) is 0 Å². The van der Waals surface area contributed by atoms with Gasteiger partial charge in [0, 0.05) is 39.3 Å². The van der Waals surface area contributed by atoms with Crippen LogP contribution in [0.4, 0.5) is 0 Å². The molecule has 0 saturated carbocycles. The van der Waals surface area contributed by atoms with Crippen molar-refractivity contribution in [3.8, 4) is 0 Å². The molecule has 1 aromatic rings. The fourth-order valence-electron chi connectivity index (χ4n) is 3.25. The summed E-state index contributed by atoms with van der Waals surface area (Å²) in [4.78, 5) is 7.02. The van der Waals surface area contributed by atoms with E-state index in [0.717, 1.165) is 19.5 Å². The third kappa shape index (κ3) is 7.48. The van der Waals surface area contributed by atoms with E-state index in [1.54, 1.807) is 37.4 Å². The molecule has 0 amide bonds. The fourth-order valence-corrected chi connectivity index (χ4v) is 4.30. The summed E-state index contributed by atoms with van der Waals surface area (Å²) in [5.74, 6) is 0.695. The zero-order valence-electron chi connectivity index (χ0n) is 16.4. The van der Waals surface area contributed by atoms with E-state index >= 15 is 0 Å². The monoisotopic (exact) mass is 395 g/mol. The standard InChI is InChI=1S/C19H33N5O2S/c1-17-9-6-7-15-24(17)16-8-12-21-19(20-2)22-13-14-23-27(25,26)18-10-4-3-5-11-18/h3-5,10-11,17,23H,6-9,12-16H2,1-2H3,(H2,20,21,22). The summed E-state index contributed by atoms with van der Waals surface area (Å²) in [6.45, 7) is 6.22. The number of nitrogens with one attached hydrogen (secondary N) is 3. The van der Waals surface area contributed by atoms with Gasteiger partial charge in [-0.2, -0.15) is 0 Å². The molecule has 7 nitrogen and oxygen atoms in total. The lowest BCUT2D eigenvalue weighted by molar-refractivity contribution is 0.159. The first-order valence-electron chi connectivity index (χ1n) is 9.76. The highest BCUT2D eigenvalue weighted by Gasteiger charge is 2.17. The zero-order chi connectivity index (χ0) is 19.5. The van der Waals surface area contributed by atoms with Crippen LogP contribution < -0.4 is 15.4 Å². The lowest BCUT2D eigenvalue weighted by atomic mass is 10.0. The molecule has 0 bridgehead atoms. The number of piperidine rings is 1. The average Bonchev–Trinajstić information content (AvgIpc) is 2.68. The van der Waals surface area contributed by atoms with Gasteiger partial charge in [-0.05, 0) is 44.9 Å². The number of nitrogens with zero attached hydrogens (tertiary/aromatic N) is 2. The predicted octanol–water partition coefficient (Wildman–Crippen LogP) is 1.39. The van der Waals surface area contributed by atoms with Crippen LogP contribution >= 0.6 is 0 Å². The Morgan fingerprint density at radius 3 is 2.59 bits per heavy atom. The molecule has 1 aromatic carbocycles. The van der Waals surface area contributed by atoms with Crippen LogP contribution in [0.1, 0.15) is 32.6 Å². The van der Waals surface area contributed by atoms with Gasteiger partial charge < -0.3 is 15.5 Å². The molecule has 3 N–H and O–H groups in total. The van der Waals surface area contributed by atoms with Crippen molar-refractivity contribution < 1.29 is 8.42 Å².